The maximum atomic E-state index is 12.0. The van der Waals surface area contributed by atoms with Crippen LogP contribution in [0.1, 0.15) is 29.4 Å². The van der Waals surface area contributed by atoms with E-state index >= 15 is 0 Å². The second kappa shape index (κ2) is 6.10. The van der Waals surface area contributed by atoms with Gasteiger partial charge in [-0.25, -0.2) is 0 Å². The third kappa shape index (κ3) is 3.09. The van der Waals surface area contributed by atoms with Gasteiger partial charge in [-0.2, -0.15) is 5.10 Å². The standard InChI is InChI=1S/C14H17N3O3/c1-3-4-9-7-13(17-16-9)15-14(19)11-6-5-10(20-2)8-12(11)18/h5-8,18H,3-4H2,1-2H3,(H2,15,16,17,19). The summed E-state index contributed by atoms with van der Waals surface area (Å²) in [6.07, 6.45) is 1.87. The van der Waals surface area contributed by atoms with E-state index in [1.807, 2.05) is 0 Å². The van der Waals surface area contributed by atoms with Gasteiger partial charge in [0.05, 0.1) is 12.7 Å². The Morgan fingerprint density at radius 2 is 2.25 bits per heavy atom. The highest BCUT2D eigenvalue weighted by Gasteiger charge is 2.13. The molecule has 6 nitrogen and oxygen atoms in total. The Morgan fingerprint density at radius 1 is 1.45 bits per heavy atom. The number of ether oxygens (including phenoxy) is 1. The van der Waals surface area contributed by atoms with Crippen LogP contribution in [-0.2, 0) is 6.42 Å². The van der Waals surface area contributed by atoms with E-state index in [1.54, 1.807) is 12.1 Å². The minimum atomic E-state index is -0.417. The maximum absolute atomic E-state index is 12.0. The first-order valence-corrected chi connectivity index (χ1v) is 6.36. The van der Waals surface area contributed by atoms with E-state index in [0.717, 1.165) is 18.5 Å². The monoisotopic (exact) mass is 275 g/mol. The Balaban J connectivity index is 2.11. The average Bonchev–Trinajstić information content (AvgIpc) is 2.86. The lowest BCUT2D eigenvalue weighted by Gasteiger charge is -2.06. The van der Waals surface area contributed by atoms with Crippen molar-refractivity contribution in [3.63, 3.8) is 0 Å². The van der Waals surface area contributed by atoms with E-state index in [9.17, 15) is 9.90 Å². The molecule has 1 heterocycles. The van der Waals surface area contributed by atoms with Crippen molar-refractivity contribution in [2.75, 3.05) is 12.4 Å². The number of aromatic hydroxyl groups is 1. The molecule has 0 aliphatic carbocycles. The van der Waals surface area contributed by atoms with Crippen LogP contribution in [0, 0.1) is 0 Å². The van der Waals surface area contributed by atoms with Crippen LogP contribution in [0.2, 0.25) is 0 Å². The molecule has 1 aromatic carbocycles. The number of carbonyl (C=O) groups excluding carboxylic acids is 1. The predicted molar refractivity (Wildman–Crippen MR) is 75.2 cm³/mol. The zero-order valence-electron chi connectivity index (χ0n) is 11.4. The molecule has 0 radical (unpaired) electrons. The Hall–Kier alpha value is -2.50. The maximum Gasteiger partial charge on any atom is 0.260 e. The van der Waals surface area contributed by atoms with E-state index in [-0.39, 0.29) is 11.3 Å². The number of aromatic amines is 1. The van der Waals surface area contributed by atoms with Gasteiger partial charge >= 0.3 is 0 Å². The summed E-state index contributed by atoms with van der Waals surface area (Å²) in [6, 6.07) is 6.29. The third-order valence-electron chi connectivity index (χ3n) is 2.84. The first-order valence-electron chi connectivity index (χ1n) is 6.36. The van der Waals surface area contributed by atoms with Crippen LogP contribution >= 0.6 is 0 Å². The molecule has 6 heteroatoms. The number of hydrogen-bond donors (Lipinski definition) is 3. The first-order chi connectivity index (χ1) is 9.63. The Morgan fingerprint density at radius 3 is 2.90 bits per heavy atom. The zero-order chi connectivity index (χ0) is 14.5. The molecule has 0 aliphatic heterocycles. The van der Waals surface area contributed by atoms with Crippen LogP contribution in [-0.4, -0.2) is 28.3 Å². The molecule has 0 atom stereocenters. The largest absolute Gasteiger partial charge is 0.507 e. The van der Waals surface area contributed by atoms with Gasteiger partial charge in [0.15, 0.2) is 5.82 Å². The summed E-state index contributed by atoms with van der Waals surface area (Å²) in [5, 5.41) is 19.3. The van der Waals surface area contributed by atoms with Crippen LogP contribution in [0.3, 0.4) is 0 Å². The molecule has 20 heavy (non-hydrogen) atoms. The average molecular weight is 275 g/mol. The number of H-pyrrole nitrogens is 1. The van der Waals surface area contributed by atoms with Gasteiger partial charge in [-0.15, -0.1) is 0 Å². The van der Waals surface area contributed by atoms with Crippen LogP contribution < -0.4 is 10.1 Å². The predicted octanol–water partition coefficient (Wildman–Crippen LogP) is 2.33. The van der Waals surface area contributed by atoms with Crippen molar-refractivity contribution in [3.05, 3.63) is 35.5 Å². The first kappa shape index (κ1) is 13.9. The Bertz CT molecular complexity index is 607. The lowest BCUT2D eigenvalue weighted by atomic mass is 10.2. The fraction of sp³-hybridized carbons (Fsp3) is 0.286. The van der Waals surface area contributed by atoms with Gasteiger partial charge in [0.2, 0.25) is 0 Å². The topological polar surface area (TPSA) is 87.2 Å². The fourth-order valence-corrected chi connectivity index (χ4v) is 1.84. The smallest absolute Gasteiger partial charge is 0.260 e. The number of benzene rings is 1. The summed E-state index contributed by atoms with van der Waals surface area (Å²) in [5.74, 6) is 0.378. The third-order valence-corrected chi connectivity index (χ3v) is 2.84. The lowest BCUT2D eigenvalue weighted by Crippen LogP contribution is -2.12. The Kier molecular flexibility index (Phi) is 4.24. The molecule has 0 bridgehead atoms. The summed E-state index contributed by atoms with van der Waals surface area (Å²) in [5.41, 5.74) is 1.13. The molecule has 0 aliphatic rings. The van der Waals surface area contributed by atoms with Crippen molar-refractivity contribution in [2.45, 2.75) is 19.8 Å². The van der Waals surface area contributed by atoms with Gasteiger partial charge in [-0.1, -0.05) is 13.3 Å². The quantitative estimate of drug-likeness (QED) is 0.781. The number of methoxy groups -OCH3 is 1. The molecule has 0 spiro atoms. The van der Waals surface area contributed by atoms with Crippen molar-refractivity contribution in [2.24, 2.45) is 0 Å². The van der Waals surface area contributed by atoms with Gasteiger partial charge in [0.1, 0.15) is 11.5 Å². The molecular weight excluding hydrogens is 258 g/mol. The SMILES string of the molecule is CCCc1cc(NC(=O)c2ccc(OC)cc2O)n[nH]1. The van der Waals surface area contributed by atoms with Crippen molar-refractivity contribution >= 4 is 11.7 Å². The number of nitrogens with zero attached hydrogens (tertiary/aromatic N) is 1. The second-order valence-electron chi connectivity index (χ2n) is 4.37. The lowest BCUT2D eigenvalue weighted by molar-refractivity contribution is 0.102. The number of phenolic OH excluding ortho intramolecular Hbond substituents is 1. The number of hydrogen-bond acceptors (Lipinski definition) is 4. The summed E-state index contributed by atoms with van der Waals surface area (Å²) < 4.78 is 4.97. The van der Waals surface area contributed by atoms with Gasteiger partial charge in [-0.05, 0) is 18.6 Å². The van der Waals surface area contributed by atoms with E-state index in [2.05, 4.69) is 22.4 Å². The van der Waals surface area contributed by atoms with E-state index < -0.39 is 5.91 Å². The highest BCUT2D eigenvalue weighted by molar-refractivity contribution is 6.05. The number of phenols is 1. The van der Waals surface area contributed by atoms with Crippen LogP contribution in [0.15, 0.2) is 24.3 Å². The van der Waals surface area contributed by atoms with E-state index in [1.165, 1.54) is 19.2 Å². The van der Waals surface area contributed by atoms with Gasteiger partial charge in [0, 0.05) is 17.8 Å². The number of nitrogens with one attached hydrogen (secondary N) is 2. The van der Waals surface area contributed by atoms with Crippen LogP contribution in [0.4, 0.5) is 5.82 Å². The molecular formula is C14H17N3O3. The zero-order valence-corrected chi connectivity index (χ0v) is 11.4. The highest BCUT2D eigenvalue weighted by Crippen LogP contribution is 2.24. The van der Waals surface area contributed by atoms with Crippen molar-refractivity contribution < 1.29 is 14.6 Å². The molecule has 0 fully saturated rings. The fourth-order valence-electron chi connectivity index (χ4n) is 1.84. The molecule has 0 saturated carbocycles. The number of aryl methyl sites for hydroxylation is 1. The van der Waals surface area contributed by atoms with Crippen molar-refractivity contribution in [1.29, 1.82) is 0 Å². The van der Waals surface area contributed by atoms with E-state index in [0.29, 0.717) is 11.6 Å². The molecule has 0 unspecified atom stereocenters. The molecule has 2 aromatic rings. The summed E-state index contributed by atoms with van der Waals surface area (Å²) in [7, 11) is 1.49. The van der Waals surface area contributed by atoms with Crippen LogP contribution in [0.25, 0.3) is 0 Å². The Labute approximate surface area is 116 Å². The number of rotatable bonds is 5. The number of anilines is 1. The molecule has 106 valence electrons. The summed E-state index contributed by atoms with van der Waals surface area (Å²) in [4.78, 5) is 12.0. The van der Waals surface area contributed by atoms with Crippen molar-refractivity contribution in [1.82, 2.24) is 10.2 Å². The van der Waals surface area contributed by atoms with Gasteiger partial charge in [0.25, 0.3) is 5.91 Å². The summed E-state index contributed by atoms with van der Waals surface area (Å²) >= 11 is 0. The summed E-state index contributed by atoms with van der Waals surface area (Å²) in [6.45, 7) is 2.06. The highest BCUT2D eigenvalue weighted by atomic mass is 16.5. The van der Waals surface area contributed by atoms with Gasteiger partial charge in [-0.3, -0.25) is 9.89 Å². The van der Waals surface area contributed by atoms with E-state index in [4.69, 9.17) is 4.74 Å². The number of carbonyl (C=O) groups is 1. The number of amides is 1. The number of aromatic nitrogens is 2. The van der Waals surface area contributed by atoms with Crippen molar-refractivity contribution in [3.8, 4) is 11.5 Å². The van der Waals surface area contributed by atoms with Gasteiger partial charge < -0.3 is 15.2 Å². The molecule has 0 saturated heterocycles. The molecule has 2 rings (SSSR count). The molecule has 1 aromatic heterocycles. The van der Waals surface area contributed by atoms with Crippen LogP contribution in [0.5, 0.6) is 11.5 Å². The molecule has 1 amide bonds. The molecule has 3 N–H and O–H groups in total. The minimum absolute atomic E-state index is 0.133. The second-order valence-corrected chi connectivity index (χ2v) is 4.37. The minimum Gasteiger partial charge on any atom is -0.507 e. The normalized spacial score (nSPS) is 10.3.